The minimum atomic E-state index is -0.265. The number of benzene rings is 3. The molecule has 0 aliphatic carbocycles. The molecule has 4 rings (SSSR count). The van der Waals surface area contributed by atoms with Crippen LogP contribution in [0.15, 0.2) is 72.8 Å². The molecule has 5 heteroatoms. The van der Waals surface area contributed by atoms with Crippen LogP contribution in [-0.2, 0) is 4.74 Å². The van der Waals surface area contributed by atoms with Crippen LogP contribution < -0.4 is 10.2 Å². The average molecular weight is 390 g/mol. The van der Waals surface area contributed by atoms with Crippen molar-refractivity contribution in [3.8, 4) is 11.1 Å². The molecule has 0 aromatic heterocycles. The summed E-state index contributed by atoms with van der Waals surface area (Å²) in [4.78, 5) is 14.8. The van der Waals surface area contributed by atoms with Gasteiger partial charge in [0.1, 0.15) is 5.82 Å². The number of carbonyl (C=O) groups is 1. The summed E-state index contributed by atoms with van der Waals surface area (Å²) in [6.07, 6.45) is 1.32. The van der Waals surface area contributed by atoms with Crippen molar-refractivity contribution in [3.63, 3.8) is 0 Å². The Hall–Kier alpha value is -3.18. The van der Waals surface area contributed by atoms with E-state index in [-0.39, 0.29) is 17.8 Å². The minimum absolute atomic E-state index is 0.163. The van der Waals surface area contributed by atoms with Gasteiger partial charge in [-0.2, -0.15) is 0 Å². The maximum Gasteiger partial charge on any atom is 0.255 e. The summed E-state index contributed by atoms with van der Waals surface area (Å²) in [5.74, 6) is -0.428. The van der Waals surface area contributed by atoms with Crippen molar-refractivity contribution < 1.29 is 13.9 Å². The molecule has 1 aliphatic heterocycles. The number of hydrogen-bond donors (Lipinski definition) is 1. The van der Waals surface area contributed by atoms with Gasteiger partial charge < -0.3 is 15.0 Å². The predicted molar refractivity (Wildman–Crippen MR) is 114 cm³/mol. The standard InChI is InChI=1S/C24H23FN2O2/c1-29-23-14-15-27(16-23)22-12-10-21(11-13-22)26-24(28)19-4-2-17(3-5-19)18-6-8-20(25)9-7-18/h2-13,23H,14-16H2,1H3,(H,26,28). The number of anilines is 2. The minimum Gasteiger partial charge on any atom is -0.380 e. The van der Waals surface area contributed by atoms with Crippen LogP contribution in [0.1, 0.15) is 16.8 Å². The number of rotatable bonds is 5. The molecule has 0 saturated carbocycles. The smallest absolute Gasteiger partial charge is 0.255 e. The van der Waals surface area contributed by atoms with Crippen LogP contribution in [0, 0.1) is 5.82 Å². The molecule has 0 bridgehead atoms. The van der Waals surface area contributed by atoms with Gasteiger partial charge in [0.05, 0.1) is 6.10 Å². The van der Waals surface area contributed by atoms with Crippen molar-refractivity contribution in [1.82, 2.24) is 0 Å². The fourth-order valence-electron chi connectivity index (χ4n) is 3.57. The Bertz CT molecular complexity index is 969. The van der Waals surface area contributed by atoms with Crippen LogP contribution in [0.5, 0.6) is 0 Å². The zero-order valence-corrected chi connectivity index (χ0v) is 16.3. The van der Waals surface area contributed by atoms with E-state index in [1.165, 1.54) is 12.1 Å². The molecule has 148 valence electrons. The number of nitrogens with one attached hydrogen (secondary N) is 1. The number of halogens is 1. The largest absolute Gasteiger partial charge is 0.380 e. The molecule has 4 nitrogen and oxygen atoms in total. The molecule has 1 aliphatic rings. The monoisotopic (exact) mass is 390 g/mol. The Morgan fingerprint density at radius 1 is 0.966 bits per heavy atom. The highest BCUT2D eigenvalue weighted by atomic mass is 19.1. The molecule has 1 heterocycles. The van der Waals surface area contributed by atoms with Gasteiger partial charge in [0, 0.05) is 37.1 Å². The Labute approximate surface area is 169 Å². The zero-order chi connectivity index (χ0) is 20.2. The van der Waals surface area contributed by atoms with Crippen molar-refractivity contribution in [1.29, 1.82) is 0 Å². The molecule has 1 saturated heterocycles. The summed E-state index contributed by atoms with van der Waals surface area (Å²) in [7, 11) is 1.75. The summed E-state index contributed by atoms with van der Waals surface area (Å²) in [5.41, 5.74) is 4.30. The van der Waals surface area contributed by atoms with Crippen molar-refractivity contribution in [2.24, 2.45) is 0 Å². The van der Waals surface area contributed by atoms with E-state index < -0.39 is 0 Å². The SMILES string of the molecule is COC1CCN(c2ccc(NC(=O)c3ccc(-c4ccc(F)cc4)cc3)cc2)C1. The number of hydrogen-bond acceptors (Lipinski definition) is 3. The highest BCUT2D eigenvalue weighted by Crippen LogP contribution is 2.24. The molecule has 3 aromatic carbocycles. The number of ether oxygens (including phenoxy) is 1. The van der Waals surface area contributed by atoms with E-state index in [4.69, 9.17) is 4.74 Å². The van der Waals surface area contributed by atoms with Crippen LogP contribution in [0.4, 0.5) is 15.8 Å². The molecule has 1 N–H and O–H groups in total. The Balaban J connectivity index is 1.39. The summed E-state index contributed by atoms with van der Waals surface area (Å²) in [6.45, 7) is 1.87. The molecule has 1 fully saturated rings. The van der Waals surface area contributed by atoms with E-state index in [2.05, 4.69) is 10.2 Å². The van der Waals surface area contributed by atoms with Gasteiger partial charge in [-0.1, -0.05) is 24.3 Å². The fraction of sp³-hybridized carbons (Fsp3) is 0.208. The highest BCUT2D eigenvalue weighted by molar-refractivity contribution is 6.04. The second kappa shape index (κ2) is 8.45. The van der Waals surface area contributed by atoms with Crippen molar-refractivity contribution >= 4 is 17.3 Å². The summed E-state index contributed by atoms with van der Waals surface area (Å²) >= 11 is 0. The van der Waals surface area contributed by atoms with Crippen LogP contribution in [-0.4, -0.2) is 32.2 Å². The second-order valence-electron chi connectivity index (χ2n) is 7.18. The second-order valence-corrected chi connectivity index (χ2v) is 7.18. The lowest BCUT2D eigenvalue weighted by molar-refractivity contribution is 0.102. The van der Waals surface area contributed by atoms with Crippen LogP contribution in [0.25, 0.3) is 11.1 Å². The molecule has 1 unspecified atom stereocenters. The molecule has 0 radical (unpaired) electrons. The van der Waals surface area contributed by atoms with E-state index in [0.717, 1.165) is 42.0 Å². The molecular weight excluding hydrogens is 367 g/mol. The maximum absolute atomic E-state index is 13.1. The third-order valence-corrected chi connectivity index (χ3v) is 5.29. The van der Waals surface area contributed by atoms with E-state index in [9.17, 15) is 9.18 Å². The van der Waals surface area contributed by atoms with E-state index in [1.807, 2.05) is 36.4 Å². The Kier molecular flexibility index (Phi) is 5.58. The van der Waals surface area contributed by atoms with Gasteiger partial charge in [0.2, 0.25) is 0 Å². The van der Waals surface area contributed by atoms with E-state index in [1.54, 1.807) is 31.4 Å². The Morgan fingerprint density at radius 2 is 1.59 bits per heavy atom. The molecule has 29 heavy (non-hydrogen) atoms. The highest BCUT2D eigenvalue weighted by Gasteiger charge is 2.22. The quantitative estimate of drug-likeness (QED) is 0.669. The Morgan fingerprint density at radius 3 is 2.17 bits per heavy atom. The first-order valence-corrected chi connectivity index (χ1v) is 9.67. The van der Waals surface area contributed by atoms with Crippen molar-refractivity contribution in [3.05, 3.63) is 84.2 Å². The summed E-state index contributed by atoms with van der Waals surface area (Å²) in [5, 5.41) is 2.93. The van der Waals surface area contributed by atoms with E-state index >= 15 is 0 Å². The van der Waals surface area contributed by atoms with Crippen molar-refractivity contribution in [2.75, 3.05) is 30.4 Å². The third kappa shape index (κ3) is 4.46. The molecule has 3 aromatic rings. The first kappa shape index (κ1) is 19.2. The van der Waals surface area contributed by atoms with E-state index in [0.29, 0.717) is 5.56 Å². The van der Waals surface area contributed by atoms with Gasteiger partial charge in [-0.25, -0.2) is 4.39 Å². The number of nitrogens with zero attached hydrogens (tertiary/aromatic N) is 1. The predicted octanol–water partition coefficient (Wildman–Crippen LogP) is 4.97. The number of amides is 1. The van der Waals surface area contributed by atoms with Crippen LogP contribution >= 0.6 is 0 Å². The first-order valence-electron chi connectivity index (χ1n) is 9.67. The van der Waals surface area contributed by atoms with Gasteiger partial charge in [-0.05, 0) is 66.1 Å². The van der Waals surface area contributed by atoms with Gasteiger partial charge in [0.25, 0.3) is 5.91 Å². The molecule has 1 atom stereocenters. The lowest BCUT2D eigenvalue weighted by atomic mass is 10.0. The van der Waals surface area contributed by atoms with Gasteiger partial charge in [0.15, 0.2) is 0 Å². The van der Waals surface area contributed by atoms with Crippen LogP contribution in [0.2, 0.25) is 0 Å². The fourth-order valence-corrected chi connectivity index (χ4v) is 3.57. The molecule has 1 amide bonds. The van der Waals surface area contributed by atoms with Crippen LogP contribution in [0.3, 0.4) is 0 Å². The topological polar surface area (TPSA) is 41.6 Å². The average Bonchev–Trinajstić information content (AvgIpc) is 3.24. The van der Waals surface area contributed by atoms with Gasteiger partial charge in [-0.3, -0.25) is 4.79 Å². The zero-order valence-electron chi connectivity index (χ0n) is 16.3. The number of carbonyl (C=O) groups excluding carboxylic acids is 1. The normalized spacial score (nSPS) is 16.1. The van der Waals surface area contributed by atoms with Gasteiger partial charge in [-0.15, -0.1) is 0 Å². The first-order chi connectivity index (χ1) is 14.1. The number of methoxy groups -OCH3 is 1. The third-order valence-electron chi connectivity index (χ3n) is 5.29. The molecular formula is C24H23FN2O2. The van der Waals surface area contributed by atoms with Crippen molar-refractivity contribution in [2.45, 2.75) is 12.5 Å². The maximum atomic E-state index is 13.1. The van der Waals surface area contributed by atoms with Gasteiger partial charge >= 0.3 is 0 Å². The lowest BCUT2D eigenvalue weighted by Gasteiger charge is -2.18. The summed E-state index contributed by atoms with van der Waals surface area (Å²) < 4.78 is 18.5. The molecule has 0 spiro atoms. The lowest BCUT2D eigenvalue weighted by Crippen LogP contribution is -2.22. The summed E-state index contributed by atoms with van der Waals surface area (Å²) in [6, 6.07) is 21.5.